The lowest BCUT2D eigenvalue weighted by molar-refractivity contribution is 0.174. The maximum Gasteiger partial charge on any atom is 0.231 e. The normalized spacial score (nSPS) is 12.3. The Balaban J connectivity index is 1.86. The molecule has 0 fully saturated rings. The van der Waals surface area contributed by atoms with Crippen LogP contribution in [0.3, 0.4) is 0 Å². The molecule has 0 aromatic heterocycles. The molecule has 0 saturated heterocycles. The summed E-state index contributed by atoms with van der Waals surface area (Å²) >= 11 is 0. The molecule has 0 amide bonds. The number of rotatable bonds is 3. The monoisotopic (exact) mass is 258 g/mol. The SMILES string of the molecule is COc1cc(N)cc(Nc2ccc3c(c2)OCO3)c1. The number of hydrogen-bond acceptors (Lipinski definition) is 5. The first-order valence-corrected chi connectivity index (χ1v) is 5.86. The average Bonchev–Trinajstić information content (AvgIpc) is 2.85. The maximum atomic E-state index is 5.81. The van der Waals surface area contributed by atoms with Gasteiger partial charge in [0.2, 0.25) is 6.79 Å². The summed E-state index contributed by atoms with van der Waals surface area (Å²) in [4.78, 5) is 0. The first-order valence-electron chi connectivity index (χ1n) is 5.86. The number of benzene rings is 2. The molecule has 0 atom stereocenters. The van der Waals surface area contributed by atoms with E-state index in [0.717, 1.165) is 22.9 Å². The van der Waals surface area contributed by atoms with Gasteiger partial charge in [0.05, 0.1) is 7.11 Å². The van der Waals surface area contributed by atoms with Gasteiger partial charge in [0.15, 0.2) is 11.5 Å². The van der Waals surface area contributed by atoms with Crippen molar-refractivity contribution in [2.75, 3.05) is 25.0 Å². The van der Waals surface area contributed by atoms with Crippen molar-refractivity contribution in [1.29, 1.82) is 0 Å². The summed E-state index contributed by atoms with van der Waals surface area (Å²) in [6, 6.07) is 11.2. The molecule has 2 aromatic rings. The third-order valence-electron chi connectivity index (χ3n) is 2.83. The lowest BCUT2D eigenvalue weighted by atomic mass is 10.2. The van der Waals surface area contributed by atoms with Gasteiger partial charge in [-0.25, -0.2) is 0 Å². The zero-order valence-electron chi connectivity index (χ0n) is 10.5. The van der Waals surface area contributed by atoms with Crippen LogP contribution in [0.2, 0.25) is 0 Å². The van der Waals surface area contributed by atoms with Gasteiger partial charge in [0.1, 0.15) is 5.75 Å². The number of anilines is 3. The second-order valence-corrected chi connectivity index (χ2v) is 4.19. The summed E-state index contributed by atoms with van der Waals surface area (Å²) in [5.74, 6) is 2.21. The number of nitrogens with one attached hydrogen (secondary N) is 1. The molecule has 0 unspecified atom stereocenters. The summed E-state index contributed by atoms with van der Waals surface area (Å²) < 4.78 is 15.8. The standard InChI is InChI=1S/C14H14N2O3/c1-17-12-5-9(15)4-11(6-12)16-10-2-3-13-14(7-10)19-8-18-13/h2-7,16H,8,15H2,1H3. The Labute approximate surface area is 110 Å². The van der Waals surface area contributed by atoms with Gasteiger partial charge in [-0.1, -0.05) is 0 Å². The van der Waals surface area contributed by atoms with Gasteiger partial charge >= 0.3 is 0 Å². The Morgan fingerprint density at radius 1 is 1.05 bits per heavy atom. The largest absolute Gasteiger partial charge is 0.497 e. The molecule has 19 heavy (non-hydrogen) atoms. The van der Waals surface area contributed by atoms with Crippen LogP contribution in [0.25, 0.3) is 0 Å². The minimum absolute atomic E-state index is 0.269. The van der Waals surface area contributed by atoms with Crippen molar-refractivity contribution in [2.45, 2.75) is 0 Å². The highest BCUT2D eigenvalue weighted by Crippen LogP contribution is 2.35. The van der Waals surface area contributed by atoms with E-state index < -0.39 is 0 Å². The summed E-state index contributed by atoms with van der Waals surface area (Å²) in [5.41, 5.74) is 8.21. The van der Waals surface area contributed by atoms with Crippen LogP contribution in [0.1, 0.15) is 0 Å². The molecular weight excluding hydrogens is 244 g/mol. The minimum Gasteiger partial charge on any atom is -0.497 e. The van der Waals surface area contributed by atoms with Crippen LogP contribution in [0, 0.1) is 0 Å². The lowest BCUT2D eigenvalue weighted by Crippen LogP contribution is -1.94. The van der Waals surface area contributed by atoms with E-state index in [4.69, 9.17) is 19.9 Å². The van der Waals surface area contributed by atoms with Crippen LogP contribution in [0.5, 0.6) is 17.2 Å². The van der Waals surface area contributed by atoms with Gasteiger partial charge in [-0.05, 0) is 18.2 Å². The van der Waals surface area contributed by atoms with Crippen molar-refractivity contribution in [2.24, 2.45) is 0 Å². The first kappa shape index (κ1) is 11.5. The van der Waals surface area contributed by atoms with E-state index in [9.17, 15) is 0 Å². The van der Waals surface area contributed by atoms with Gasteiger partial charge in [-0.15, -0.1) is 0 Å². The molecular formula is C14H14N2O3. The Kier molecular flexibility index (Phi) is 2.79. The quantitative estimate of drug-likeness (QED) is 0.829. The van der Waals surface area contributed by atoms with Crippen molar-refractivity contribution in [3.63, 3.8) is 0 Å². The Morgan fingerprint density at radius 2 is 1.89 bits per heavy atom. The summed E-state index contributed by atoms with van der Waals surface area (Å²) in [6.45, 7) is 0.269. The number of nitrogen functional groups attached to an aromatic ring is 1. The lowest BCUT2D eigenvalue weighted by Gasteiger charge is -2.10. The Bertz CT molecular complexity index is 614. The molecule has 1 heterocycles. The van der Waals surface area contributed by atoms with Gasteiger partial charge < -0.3 is 25.3 Å². The molecule has 1 aliphatic heterocycles. The van der Waals surface area contributed by atoms with Gasteiger partial charge in [-0.3, -0.25) is 0 Å². The summed E-state index contributed by atoms with van der Waals surface area (Å²) in [5, 5.41) is 3.25. The van der Waals surface area contributed by atoms with E-state index in [1.54, 1.807) is 13.2 Å². The maximum absolute atomic E-state index is 5.81. The highest BCUT2D eigenvalue weighted by Gasteiger charge is 2.13. The molecule has 0 spiro atoms. The summed E-state index contributed by atoms with van der Waals surface area (Å²) in [6.07, 6.45) is 0. The van der Waals surface area contributed by atoms with E-state index in [0.29, 0.717) is 11.4 Å². The molecule has 5 nitrogen and oxygen atoms in total. The van der Waals surface area contributed by atoms with Gasteiger partial charge in [0, 0.05) is 35.3 Å². The van der Waals surface area contributed by atoms with Gasteiger partial charge in [-0.2, -0.15) is 0 Å². The summed E-state index contributed by atoms with van der Waals surface area (Å²) in [7, 11) is 1.61. The van der Waals surface area contributed by atoms with Crippen molar-refractivity contribution < 1.29 is 14.2 Å². The van der Waals surface area contributed by atoms with Crippen LogP contribution in [0.15, 0.2) is 36.4 Å². The minimum atomic E-state index is 0.269. The smallest absolute Gasteiger partial charge is 0.231 e. The van der Waals surface area contributed by atoms with E-state index in [1.165, 1.54) is 0 Å². The predicted octanol–water partition coefficient (Wildman–Crippen LogP) is 2.75. The molecule has 98 valence electrons. The van der Waals surface area contributed by atoms with Gasteiger partial charge in [0.25, 0.3) is 0 Å². The number of hydrogen-bond donors (Lipinski definition) is 2. The molecule has 0 radical (unpaired) electrons. The number of fused-ring (bicyclic) bond motifs is 1. The fourth-order valence-electron chi connectivity index (χ4n) is 1.95. The van der Waals surface area contributed by atoms with Crippen LogP contribution >= 0.6 is 0 Å². The highest BCUT2D eigenvalue weighted by atomic mass is 16.7. The molecule has 5 heteroatoms. The predicted molar refractivity (Wildman–Crippen MR) is 73.3 cm³/mol. The molecule has 0 saturated carbocycles. The van der Waals surface area contributed by atoms with Crippen molar-refractivity contribution >= 4 is 17.1 Å². The van der Waals surface area contributed by atoms with E-state index in [2.05, 4.69) is 5.32 Å². The highest BCUT2D eigenvalue weighted by molar-refractivity contribution is 5.68. The number of nitrogens with two attached hydrogens (primary N) is 1. The van der Waals surface area contributed by atoms with Crippen LogP contribution in [0.4, 0.5) is 17.1 Å². The first-order chi connectivity index (χ1) is 9.24. The Morgan fingerprint density at radius 3 is 2.74 bits per heavy atom. The van der Waals surface area contributed by atoms with Crippen molar-refractivity contribution in [3.05, 3.63) is 36.4 Å². The second-order valence-electron chi connectivity index (χ2n) is 4.19. The molecule has 0 aliphatic carbocycles. The number of methoxy groups -OCH3 is 1. The molecule has 1 aliphatic rings. The third-order valence-corrected chi connectivity index (χ3v) is 2.83. The van der Waals surface area contributed by atoms with Crippen LogP contribution in [-0.4, -0.2) is 13.9 Å². The average molecular weight is 258 g/mol. The fraction of sp³-hybridized carbons (Fsp3) is 0.143. The van der Waals surface area contributed by atoms with Crippen molar-refractivity contribution in [1.82, 2.24) is 0 Å². The fourth-order valence-corrected chi connectivity index (χ4v) is 1.95. The topological polar surface area (TPSA) is 65.7 Å². The number of ether oxygens (including phenoxy) is 3. The zero-order valence-corrected chi connectivity index (χ0v) is 10.5. The molecule has 2 aromatic carbocycles. The van der Waals surface area contributed by atoms with E-state index in [-0.39, 0.29) is 6.79 Å². The van der Waals surface area contributed by atoms with Crippen LogP contribution in [-0.2, 0) is 0 Å². The zero-order chi connectivity index (χ0) is 13.2. The molecule has 3 N–H and O–H groups in total. The van der Waals surface area contributed by atoms with Crippen molar-refractivity contribution in [3.8, 4) is 17.2 Å². The van der Waals surface area contributed by atoms with E-state index in [1.807, 2.05) is 30.3 Å². The second kappa shape index (κ2) is 4.61. The van der Waals surface area contributed by atoms with E-state index >= 15 is 0 Å². The Hall–Kier alpha value is -2.56. The molecule has 0 bridgehead atoms. The third kappa shape index (κ3) is 2.35. The molecule has 3 rings (SSSR count). The van der Waals surface area contributed by atoms with Crippen LogP contribution < -0.4 is 25.3 Å².